The van der Waals surface area contributed by atoms with Crippen molar-refractivity contribution in [3.63, 3.8) is 0 Å². The predicted molar refractivity (Wildman–Crippen MR) is 63.6 cm³/mol. The minimum atomic E-state index is -0.237. The van der Waals surface area contributed by atoms with Gasteiger partial charge in [0.2, 0.25) is 5.91 Å². The zero-order valence-corrected chi connectivity index (χ0v) is 10.5. The molecule has 2 rings (SSSR count). The summed E-state index contributed by atoms with van der Waals surface area (Å²) < 4.78 is 5.21. The molecule has 98 valence electrons. The Balaban J connectivity index is 1.86. The number of piperazine rings is 1. The zero-order valence-electron chi connectivity index (χ0n) is 10.5. The summed E-state index contributed by atoms with van der Waals surface area (Å²) in [4.78, 5) is 16.5. The topological polar surface area (TPSA) is 53.0 Å². The first-order chi connectivity index (χ1) is 8.22. The van der Waals surface area contributed by atoms with E-state index < -0.39 is 0 Å². The highest BCUT2D eigenvalue weighted by molar-refractivity contribution is 5.84. The van der Waals surface area contributed by atoms with E-state index in [2.05, 4.69) is 11.8 Å². The molecule has 5 nitrogen and oxygen atoms in total. The Kier molecular flexibility index (Phi) is 4.01. The summed E-state index contributed by atoms with van der Waals surface area (Å²) in [6.45, 7) is 7.42. The Labute approximate surface area is 102 Å². The van der Waals surface area contributed by atoms with Crippen LogP contribution < -0.4 is 0 Å². The predicted octanol–water partition coefficient (Wildman–Crippen LogP) is -0.450. The van der Waals surface area contributed by atoms with E-state index >= 15 is 0 Å². The van der Waals surface area contributed by atoms with Gasteiger partial charge in [0.05, 0.1) is 25.2 Å². The molecule has 2 saturated heterocycles. The molecule has 0 aromatic carbocycles. The molecule has 0 bridgehead atoms. The molecular formula is C12H22N2O3. The van der Waals surface area contributed by atoms with Crippen molar-refractivity contribution in [2.75, 3.05) is 52.5 Å². The quantitative estimate of drug-likeness (QED) is 0.725. The van der Waals surface area contributed by atoms with Crippen molar-refractivity contribution in [2.45, 2.75) is 13.3 Å². The molecule has 0 atom stereocenters. The fourth-order valence-corrected chi connectivity index (χ4v) is 2.48. The molecule has 2 heterocycles. The fourth-order valence-electron chi connectivity index (χ4n) is 2.48. The van der Waals surface area contributed by atoms with E-state index in [1.807, 2.05) is 4.90 Å². The zero-order chi connectivity index (χ0) is 12.3. The van der Waals surface area contributed by atoms with E-state index in [4.69, 9.17) is 9.84 Å². The molecule has 2 aliphatic heterocycles. The maximum absolute atomic E-state index is 12.4. The Bertz CT molecular complexity index is 265. The summed E-state index contributed by atoms with van der Waals surface area (Å²) in [6.07, 6.45) is 0.864. The van der Waals surface area contributed by atoms with Crippen LogP contribution in [0.1, 0.15) is 13.3 Å². The van der Waals surface area contributed by atoms with Crippen LogP contribution in [0, 0.1) is 5.41 Å². The lowest BCUT2D eigenvalue weighted by Crippen LogP contribution is -2.59. The van der Waals surface area contributed by atoms with Gasteiger partial charge < -0.3 is 14.7 Å². The van der Waals surface area contributed by atoms with Crippen LogP contribution in [0.5, 0.6) is 0 Å². The summed E-state index contributed by atoms with van der Waals surface area (Å²) in [7, 11) is 0. The number of carbonyl (C=O) groups is 1. The van der Waals surface area contributed by atoms with Crippen LogP contribution in [0.4, 0.5) is 0 Å². The Morgan fingerprint density at radius 1 is 1.29 bits per heavy atom. The van der Waals surface area contributed by atoms with Crippen molar-refractivity contribution in [3.05, 3.63) is 0 Å². The van der Waals surface area contributed by atoms with Crippen LogP contribution >= 0.6 is 0 Å². The van der Waals surface area contributed by atoms with E-state index in [1.165, 1.54) is 0 Å². The van der Waals surface area contributed by atoms with E-state index in [1.54, 1.807) is 0 Å². The first-order valence-electron chi connectivity index (χ1n) is 6.42. The monoisotopic (exact) mass is 242 g/mol. The molecule has 0 unspecified atom stereocenters. The molecule has 1 amide bonds. The van der Waals surface area contributed by atoms with Gasteiger partial charge in [-0.25, -0.2) is 0 Å². The van der Waals surface area contributed by atoms with Crippen LogP contribution in [-0.2, 0) is 9.53 Å². The van der Waals surface area contributed by atoms with Gasteiger partial charge in [0.25, 0.3) is 0 Å². The average molecular weight is 242 g/mol. The smallest absolute Gasteiger partial charge is 0.233 e. The van der Waals surface area contributed by atoms with E-state index in [0.29, 0.717) is 19.8 Å². The number of hydrogen-bond donors (Lipinski definition) is 1. The van der Waals surface area contributed by atoms with Gasteiger partial charge in [-0.3, -0.25) is 9.69 Å². The van der Waals surface area contributed by atoms with Crippen LogP contribution in [0.25, 0.3) is 0 Å². The molecular weight excluding hydrogens is 220 g/mol. The summed E-state index contributed by atoms with van der Waals surface area (Å²) in [5.74, 6) is 0.259. The van der Waals surface area contributed by atoms with Gasteiger partial charge in [0.1, 0.15) is 0 Å². The fraction of sp³-hybridized carbons (Fsp3) is 0.917. The van der Waals surface area contributed by atoms with Gasteiger partial charge in [-0.05, 0) is 6.42 Å². The largest absolute Gasteiger partial charge is 0.395 e. The molecule has 0 aliphatic carbocycles. The summed E-state index contributed by atoms with van der Waals surface area (Å²) in [5.41, 5.74) is -0.237. The first kappa shape index (κ1) is 12.8. The summed E-state index contributed by atoms with van der Waals surface area (Å²) in [5, 5.41) is 8.87. The average Bonchev–Trinajstić information content (AvgIpc) is 2.29. The SMILES string of the molecule is CCC1(C(=O)N2CCN(CCO)CC2)COC1. The molecule has 17 heavy (non-hydrogen) atoms. The summed E-state index contributed by atoms with van der Waals surface area (Å²) >= 11 is 0. The number of β-amino-alcohol motifs (C(OH)–C–C–N with tert-alkyl or cyclic N) is 1. The van der Waals surface area contributed by atoms with Crippen molar-refractivity contribution < 1.29 is 14.6 Å². The normalized spacial score (nSPS) is 24.5. The van der Waals surface area contributed by atoms with Gasteiger partial charge in [-0.15, -0.1) is 0 Å². The first-order valence-corrected chi connectivity index (χ1v) is 6.42. The number of carbonyl (C=O) groups excluding carboxylic acids is 1. The van der Waals surface area contributed by atoms with Crippen molar-refractivity contribution in [1.29, 1.82) is 0 Å². The third-order valence-corrected chi connectivity index (χ3v) is 3.96. The maximum Gasteiger partial charge on any atom is 0.233 e. The number of rotatable bonds is 4. The third-order valence-electron chi connectivity index (χ3n) is 3.96. The lowest BCUT2D eigenvalue weighted by Gasteiger charge is -2.44. The van der Waals surface area contributed by atoms with Crippen LogP contribution in [0.2, 0.25) is 0 Å². The minimum Gasteiger partial charge on any atom is -0.395 e. The van der Waals surface area contributed by atoms with Crippen molar-refractivity contribution in [1.82, 2.24) is 9.80 Å². The van der Waals surface area contributed by atoms with Gasteiger partial charge in [0, 0.05) is 32.7 Å². The number of hydrogen-bond acceptors (Lipinski definition) is 4. The standard InChI is InChI=1S/C12H22N2O3/c1-2-12(9-17-10-12)11(16)14-5-3-13(4-6-14)7-8-15/h15H,2-10H2,1H3. The molecule has 0 radical (unpaired) electrons. The van der Waals surface area contributed by atoms with Crippen LogP contribution in [-0.4, -0.2) is 73.4 Å². The van der Waals surface area contributed by atoms with Crippen molar-refractivity contribution in [3.8, 4) is 0 Å². The number of amides is 1. The van der Waals surface area contributed by atoms with Crippen LogP contribution in [0.15, 0.2) is 0 Å². The van der Waals surface area contributed by atoms with Crippen molar-refractivity contribution in [2.24, 2.45) is 5.41 Å². The molecule has 2 aliphatic rings. The number of nitrogens with zero attached hydrogens (tertiary/aromatic N) is 2. The number of aliphatic hydroxyl groups excluding tert-OH is 1. The van der Waals surface area contributed by atoms with Gasteiger partial charge >= 0.3 is 0 Å². The van der Waals surface area contributed by atoms with E-state index in [9.17, 15) is 4.79 Å². The lowest BCUT2D eigenvalue weighted by molar-refractivity contribution is -0.174. The molecule has 0 aromatic heterocycles. The molecule has 0 saturated carbocycles. The highest BCUT2D eigenvalue weighted by atomic mass is 16.5. The Morgan fingerprint density at radius 2 is 1.94 bits per heavy atom. The summed E-state index contributed by atoms with van der Waals surface area (Å²) in [6, 6.07) is 0. The second-order valence-corrected chi connectivity index (χ2v) is 4.98. The van der Waals surface area contributed by atoms with E-state index in [0.717, 1.165) is 32.6 Å². The lowest BCUT2D eigenvalue weighted by atomic mass is 9.81. The molecule has 5 heteroatoms. The van der Waals surface area contributed by atoms with Crippen molar-refractivity contribution >= 4 is 5.91 Å². The Morgan fingerprint density at radius 3 is 2.35 bits per heavy atom. The van der Waals surface area contributed by atoms with Gasteiger partial charge in [-0.1, -0.05) is 6.92 Å². The van der Waals surface area contributed by atoms with E-state index in [-0.39, 0.29) is 17.9 Å². The van der Waals surface area contributed by atoms with Gasteiger partial charge in [-0.2, -0.15) is 0 Å². The highest BCUT2D eigenvalue weighted by Gasteiger charge is 2.46. The Hall–Kier alpha value is -0.650. The third kappa shape index (κ3) is 2.46. The molecule has 0 aromatic rings. The maximum atomic E-state index is 12.4. The van der Waals surface area contributed by atoms with Crippen LogP contribution in [0.3, 0.4) is 0 Å². The molecule has 0 spiro atoms. The molecule has 1 N–H and O–H groups in total. The number of aliphatic hydroxyl groups is 1. The molecule has 2 fully saturated rings. The highest BCUT2D eigenvalue weighted by Crippen LogP contribution is 2.33. The second kappa shape index (κ2) is 5.33. The van der Waals surface area contributed by atoms with Gasteiger partial charge in [0.15, 0.2) is 0 Å². The minimum absolute atomic E-state index is 0.195. The second-order valence-electron chi connectivity index (χ2n) is 4.98. The number of ether oxygens (including phenoxy) is 1.